The number of phenolic OH excluding ortho intramolecular Hbond substituents is 2. The first-order chi connectivity index (χ1) is 13.2. The van der Waals surface area contributed by atoms with Crippen LogP contribution in [0.5, 0.6) is 17.2 Å². The van der Waals surface area contributed by atoms with Crippen LogP contribution in [-0.2, 0) is 16.6 Å². The molecule has 7 nitrogen and oxygen atoms in total. The van der Waals surface area contributed by atoms with Gasteiger partial charge >= 0.3 is 0 Å². The molecule has 1 saturated heterocycles. The number of likely N-dealkylation sites (tertiary alicyclic amines) is 1. The molecule has 0 radical (unpaired) electrons. The van der Waals surface area contributed by atoms with Gasteiger partial charge in [-0.3, -0.25) is 9.28 Å². The third-order valence-electron chi connectivity index (χ3n) is 8.58. The van der Waals surface area contributed by atoms with Gasteiger partial charge in [0.2, 0.25) is 5.75 Å². The molecule has 1 aromatic rings. The number of nitrogens with zero attached hydrogens (tertiary/aromatic N) is 1. The average Bonchev–Trinajstić information content (AvgIpc) is 3.43. The molecule has 3 fully saturated rings. The molecule has 3 aliphatic carbocycles. The van der Waals surface area contributed by atoms with E-state index in [1.165, 1.54) is 0 Å². The number of hydrogen-bond acceptors (Lipinski definition) is 6. The van der Waals surface area contributed by atoms with Crippen molar-refractivity contribution >= 4 is 5.78 Å². The van der Waals surface area contributed by atoms with Gasteiger partial charge in [0.15, 0.2) is 29.6 Å². The molecule has 2 bridgehead atoms. The van der Waals surface area contributed by atoms with Crippen molar-refractivity contribution in [1.29, 1.82) is 0 Å². The van der Waals surface area contributed by atoms with E-state index in [1.807, 2.05) is 7.05 Å². The number of aromatic hydroxyl groups is 2. The van der Waals surface area contributed by atoms with E-state index in [9.17, 15) is 25.2 Å². The standard InChI is InChI=1S/C21H25NO6/c1-22(19(26)10-2-3-10)7-6-20-15-11-8-13(24)16(25)17(15)28-18(20)12(23)4-5-21(20,27)14(22)9-11/h8,10,14,18-19,26-27H,2-7,9H2,1H3,(H-,24,25)/p+1/t14-,18-,19?,20-,21+,22-/m0/s1. The smallest absolute Gasteiger partial charge is 0.200 e. The van der Waals surface area contributed by atoms with Crippen LogP contribution in [0.15, 0.2) is 6.07 Å². The zero-order valence-electron chi connectivity index (χ0n) is 15.9. The number of likely N-dealkylation sites (N-methyl/N-ethyl adjacent to an activating group) is 1. The number of ketones is 1. The second-order valence-corrected chi connectivity index (χ2v) is 9.76. The highest BCUT2D eigenvalue weighted by atomic mass is 16.5. The third kappa shape index (κ3) is 1.63. The minimum absolute atomic E-state index is 0.0646. The Balaban J connectivity index is 1.62. The summed E-state index contributed by atoms with van der Waals surface area (Å²) in [7, 11) is 2.02. The molecule has 150 valence electrons. The first-order valence-electron chi connectivity index (χ1n) is 10.3. The van der Waals surface area contributed by atoms with Crippen LogP contribution < -0.4 is 4.74 Å². The number of ether oxygens (including phenoxy) is 1. The average molecular weight is 388 g/mol. The lowest BCUT2D eigenvalue weighted by molar-refractivity contribution is -0.991. The Morgan fingerprint density at radius 1 is 1.29 bits per heavy atom. The second-order valence-electron chi connectivity index (χ2n) is 9.76. The predicted octanol–water partition coefficient (Wildman–Crippen LogP) is 0.694. The fourth-order valence-electron chi connectivity index (χ4n) is 7.03. The minimum Gasteiger partial charge on any atom is -0.504 e. The number of piperidine rings is 1. The second kappa shape index (κ2) is 4.83. The van der Waals surface area contributed by atoms with E-state index in [-0.39, 0.29) is 41.4 Å². The van der Waals surface area contributed by atoms with E-state index in [1.54, 1.807) is 6.07 Å². The highest BCUT2D eigenvalue weighted by molar-refractivity contribution is 5.90. The zero-order valence-corrected chi connectivity index (χ0v) is 15.9. The maximum Gasteiger partial charge on any atom is 0.200 e. The topological polar surface area (TPSA) is 107 Å². The molecule has 28 heavy (non-hydrogen) atoms. The SMILES string of the molecule is C[N@+]1(C(O)C2CC2)CC[C@]23c4c5cc(O)c(O)c4O[C@H]2C(=O)CC[C@@]3(O)[C@@H]1C5. The van der Waals surface area contributed by atoms with Gasteiger partial charge in [-0.1, -0.05) is 0 Å². The fraction of sp³-hybridized carbons (Fsp3) is 0.667. The molecule has 5 aliphatic rings. The predicted molar refractivity (Wildman–Crippen MR) is 96.9 cm³/mol. The van der Waals surface area contributed by atoms with Crippen molar-refractivity contribution in [1.82, 2.24) is 0 Å². The van der Waals surface area contributed by atoms with Crippen molar-refractivity contribution in [3.05, 3.63) is 17.2 Å². The first-order valence-corrected chi connectivity index (χ1v) is 10.3. The van der Waals surface area contributed by atoms with Gasteiger partial charge in [0, 0.05) is 30.7 Å². The molecular weight excluding hydrogens is 362 g/mol. The van der Waals surface area contributed by atoms with E-state index < -0.39 is 23.3 Å². The molecule has 2 heterocycles. The molecule has 7 heteroatoms. The van der Waals surface area contributed by atoms with E-state index in [0.717, 1.165) is 18.4 Å². The molecule has 6 atom stereocenters. The van der Waals surface area contributed by atoms with E-state index >= 15 is 0 Å². The van der Waals surface area contributed by atoms with Crippen LogP contribution in [0.25, 0.3) is 0 Å². The van der Waals surface area contributed by atoms with Crippen molar-refractivity contribution in [3.8, 4) is 17.2 Å². The van der Waals surface area contributed by atoms with Crippen LogP contribution in [0.2, 0.25) is 0 Å². The lowest BCUT2D eigenvalue weighted by atomic mass is 9.48. The monoisotopic (exact) mass is 388 g/mol. The van der Waals surface area contributed by atoms with Gasteiger partial charge < -0.3 is 25.2 Å². The van der Waals surface area contributed by atoms with Gasteiger partial charge in [-0.2, -0.15) is 0 Å². The quantitative estimate of drug-likeness (QED) is 0.439. The molecule has 0 aromatic heterocycles. The number of carbonyl (C=O) groups is 1. The molecule has 1 unspecified atom stereocenters. The van der Waals surface area contributed by atoms with Crippen LogP contribution in [0.1, 0.15) is 43.2 Å². The number of benzene rings is 1. The van der Waals surface area contributed by atoms with Crippen LogP contribution >= 0.6 is 0 Å². The maximum atomic E-state index is 12.8. The lowest BCUT2D eigenvalue weighted by Crippen LogP contribution is -2.82. The summed E-state index contributed by atoms with van der Waals surface area (Å²) in [5.74, 6) is -0.265. The van der Waals surface area contributed by atoms with E-state index in [2.05, 4.69) is 0 Å². The highest BCUT2D eigenvalue weighted by Crippen LogP contribution is 2.67. The molecule has 0 amide bonds. The summed E-state index contributed by atoms with van der Waals surface area (Å²) in [6.45, 7) is 0.637. The van der Waals surface area contributed by atoms with Crippen molar-refractivity contribution in [3.63, 3.8) is 0 Å². The Kier molecular flexibility index (Phi) is 2.94. The normalized spacial score (nSPS) is 44.0. The van der Waals surface area contributed by atoms with Gasteiger partial charge in [-0.05, 0) is 30.9 Å². The summed E-state index contributed by atoms with van der Waals surface area (Å²) in [5, 5.41) is 44.0. The molecule has 1 spiro atoms. The van der Waals surface area contributed by atoms with Crippen molar-refractivity contribution in [2.24, 2.45) is 5.92 Å². The summed E-state index contributed by atoms with van der Waals surface area (Å²) in [4.78, 5) is 12.8. The Labute approximate surface area is 162 Å². The Hall–Kier alpha value is -1.83. The van der Waals surface area contributed by atoms with Crippen molar-refractivity contribution in [2.45, 2.75) is 67.9 Å². The molecule has 6 rings (SSSR count). The lowest BCUT2D eigenvalue weighted by Gasteiger charge is -2.65. The number of aliphatic hydroxyl groups excluding tert-OH is 1. The van der Waals surface area contributed by atoms with E-state index in [0.29, 0.717) is 35.9 Å². The summed E-state index contributed by atoms with van der Waals surface area (Å²) >= 11 is 0. The summed E-state index contributed by atoms with van der Waals surface area (Å²) in [6.07, 6.45) is 2.14. The first kappa shape index (κ1) is 17.1. The van der Waals surface area contributed by atoms with Crippen LogP contribution in [0.4, 0.5) is 0 Å². The number of carbonyl (C=O) groups excluding carboxylic acids is 1. The Morgan fingerprint density at radius 2 is 2.04 bits per heavy atom. The van der Waals surface area contributed by atoms with E-state index in [4.69, 9.17) is 4.74 Å². The number of phenols is 2. The largest absolute Gasteiger partial charge is 0.504 e. The minimum atomic E-state index is -1.20. The van der Waals surface area contributed by atoms with Crippen molar-refractivity contribution in [2.75, 3.05) is 13.6 Å². The van der Waals surface area contributed by atoms with Gasteiger partial charge in [0.1, 0.15) is 11.6 Å². The Bertz CT molecular complexity index is 928. The third-order valence-corrected chi connectivity index (χ3v) is 8.58. The number of quaternary nitrogens is 1. The van der Waals surface area contributed by atoms with Crippen LogP contribution in [-0.4, -0.2) is 68.3 Å². The van der Waals surface area contributed by atoms with Gasteiger partial charge in [0.05, 0.1) is 19.0 Å². The van der Waals surface area contributed by atoms with Crippen LogP contribution in [0, 0.1) is 5.92 Å². The van der Waals surface area contributed by atoms with Gasteiger partial charge in [-0.25, -0.2) is 0 Å². The Morgan fingerprint density at radius 3 is 2.75 bits per heavy atom. The molecular formula is C21H26NO6+. The summed E-state index contributed by atoms with van der Waals surface area (Å²) in [5.41, 5.74) is -0.603. The number of Topliss-reactive ketones (excluding diaryl/α,β-unsaturated/α-hetero) is 1. The van der Waals surface area contributed by atoms with Gasteiger partial charge in [0.25, 0.3) is 0 Å². The summed E-state index contributed by atoms with van der Waals surface area (Å²) in [6, 6.07) is 1.25. The summed E-state index contributed by atoms with van der Waals surface area (Å²) < 4.78 is 6.33. The van der Waals surface area contributed by atoms with Crippen LogP contribution in [0.3, 0.4) is 0 Å². The molecule has 4 N–H and O–H groups in total. The van der Waals surface area contributed by atoms with Crippen molar-refractivity contribution < 1.29 is 34.4 Å². The number of hydrogen-bond donors (Lipinski definition) is 4. The maximum absolute atomic E-state index is 12.8. The number of aliphatic hydroxyl groups is 2. The van der Waals surface area contributed by atoms with Gasteiger partial charge in [-0.15, -0.1) is 0 Å². The number of rotatable bonds is 2. The molecule has 2 aliphatic heterocycles. The molecule has 2 saturated carbocycles. The highest BCUT2D eigenvalue weighted by Gasteiger charge is 2.77. The fourth-order valence-corrected chi connectivity index (χ4v) is 7.03. The zero-order chi connectivity index (χ0) is 19.6. The molecule has 1 aromatic carbocycles.